The van der Waals surface area contributed by atoms with Gasteiger partial charge in [-0.05, 0) is 12.5 Å². The third-order valence-corrected chi connectivity index (χ3v) is 4.50. The van der Waals surface area contributed by atoms with Crippen molar-refractivity contribution >= 4 is 6.09 Å². The van der Waals surface area contributed by atoms with Gasteiger partial charge in [0, 0.05) is 32.5 Å². The van der Waals surface area contributed by atoms with E-state index in [9.17, 15) is 4.79 Å². The molecule has 2 unspecified atom stereocenters. The second-order valence-corrected chi connectivity index (χ2v) is 6.51. The Bertz CT molecular complexity index is 704. The molecular formula is C19H26N4O3. The zero-order valence-corrected chi connectivity index (χ0v) is 15.3. The summed E-state index contributed by atoms with van der Waals surface area (Å²) in [7, 11) is 1.97. The highest BCUT2D eigenvalue weighted by Gasteiger charge is 2.25. The van der Waals surface area contributed by atoms with Gasteiger partial charge >= 0.3 is 6.09 Å². The van der Waals surface area contributed by atoms with Crippen LogP contribution < -0.4 is 5.32 Å². The number of nitrogens with one attached hydrogen (secondary N) is 1. The Labute approximate surface area is 153 Å². The van der Waals surface area contributed by atoms with Gasteiger partial charge < -0.3 is 24.3 Å². The molecular weight excluding hydrogens is 332 g/mol. The molecule has 0 saturated carbocycles. The summed E-state index contributed by atoms with van der Waals surface area (Å²) in [6, 6.07) is 9.80. The van der Waals surface area contributed by atoms with Gasteiger partial charge in [0.25, 0.3) is 0 Å². The van der Waals surface area contributed by atoms with Gasteiger partial charge in [0.15, 0.2) is 0 Å². The van der Waals surface area contributed by atoms with Gasteiger partial charge in [0.05, 0.1) is 25.3 Å². The Morgan fingerprint density at radius 3 is 2.96 bits per heavy atom. The van der Waals surface area contributed by atoms with Crippen molar-refractivity contribution in [3.63, 3.8) is 0 Å². The number of ether oxygens (including phenoxy) is 2. The van der Waals surface area contributed by atoms with Gasteiger partial charge in [-0.2, -0.15) is 0 Å². The first kappa shape index (κ1) is 18.4. The van der Waals surface area contributed by atoms with Crippen molar-refractivity contribution in [1.29, 1.82) is 0 Å². The Kier molecular flexibility index (Phi) is 6.25. The molecule has 2 aromatic rings. The number of amides is 1. The summed E-state index contributed by atoms with van der Waals surface area (Å²) >= 11 is 0. The number of carbonyl (C=O) groups excluding carboxylic acids is 1. The van der Waals surface area contributed by atoms with E-state index >= 15 is 0 Å². The standard InChI is InChI=1S/C19H26N4O3/c1-15(18-20-8-9-22(18)2)21-12-17-13-23(10-11-25-17)19(24)26-14-16-6-4-3-5-7-16/h3-9,15,17,21H,10-14H2,1-2H3. The minimum absolute atomic E-state index is 0.0595. The molecule has 0 aliphatic carbocycles. The summed E-state index contributed by atoms with van der Waals surface area (Å²) in [5.74, 6) is 0.972. The maximum Gasteiger partial charge on any atom is 0.410 e. The second kappa shape index (κ2) is 8.82. The van der Waals surface area contributed by atoms with Crippen molar-refractivity contribution in [3.8, 4) is 0 Å². The molecule has 1 N–H and O–H groups in total. The lowest BCUT2D eigenvalue weighted by molar-refractivity contribution is -0.0279. The first-order valence-corrected chi connectivity index (χ1v) is 8.91. The van der Waals surface area contributed by atoms with Crippen LogP contribution in [0.4, 0.5) is 4.79 Å². The molecule has 1 fully saturated rings. The number of aryl methyl sites for hydroxylation is 1. The molecule has 26 heavy (non-hydrogen) atoms. The lowest BCUT2D eigenvalue weighted by atomic mass is 10.2. The van der Waals surface area contributed by atoms with Gasteiger partial charge in [-0.25, -0.2) is 9.78 Å². The van der Waals surface area contributed by atoms with Crippen molar-refractivity contribution in [2.75, 3.05) is 26.2 Å². The summed E-state index contributed by atoms with van der Waals surface area (Å²) in [6.07, 6.45) is 3.36. The molecule has 2 heterocycles. The third kappa shape index (κ3) is 4.83. The number of hydrogen-bond donors (Lipinski definition) is 1. The number of benzene rings is 1. The molecule has 1 aliphatic heterocycles. The number of hydrogen-bond acceptors (Lipinski definition) is 5. The van der Waals surface area contributed by atoms with Crippen molar-refractivity contribution in [2.24, 2.45) is 7.05 Å². The van der Waals surface area contributed by atoms with Gasteiger partial charge in [-0.15, -0.1) is 0 Å². The van der Waals surface area contributed by atoms with Crippen LogP contribution in [0.25, 0.3) is 0 Å². The average molecular weight is 358 g/mol. The van der Waals surface area contributed by atoms with Crippen LogP contribution >= 0.6 is 0 Å². The number of morpholine rings is 1. The molecule has 7 nitrogen and oxygen atoms in total. The zero-order valence-electron chi connectivity index (χ0n) is 15.3. The van der Waals surface area contributed by atoms with Gasteiger partial charge in [-0.1, -0.05) is 30.3 Å². The number of aromatic nitrogens is 2. The normalized spacial score (nSPS) is 18.5. The lowest BCUT2D eigenvalue weighted by Crippen LogP contribution is -2.49. The zero-order chi connectivity index (χ0) is 18.4. The lowest BCUT2D eigenvalue weighted by Gasteiger charge is -2.33. The van der Waals surface area contributed by atoms with Crippen LogP contribution in [-0.2, 0) is 23.1 Å². The van der Waals surface area contributed by atoms with E-state index in [1.165, 1.54) is 0 Å². The van der Waals surface area contributed by atoms with E-state index in [0.717, 1.165) is 11.4 Å². The Balaban J connectivity index is 1.44. The minimum Gasteiger partial charge on any atom is -0.445 e. The summed E-state index contributed by atoms with van der Waals surface area (Å²) in [4.78, 5) is 18.4. The number of imidazole rings is 1. The van der Waals surface area contributed by atoms with Crippen molar-refractivity contribution in [1.82, 2.24) is 19.8 Å². The predicted octanol–water partition coefficient (Wildman–Crippen LogP) is 2.11. The highest BCUT2D eigenvalue weighted by atomic mass is 16.6. The van der Waals surface area contributed by atoms with Gasteiger partial charge in [0.1, 0.15) is 12.4 Å². The molecule has 2 atom stereocenters. The largest absolute Gasteiger partial charge is 0.445 e. The van der Waals surface area contributed by atoms with Crippen molar-refractivity contribution in [2.45, 2.75) is 25.7 Å². The van der Waals surface area contributed by atoms with E-state index in [1.54, 1.807) is 11.1 Å². The SMILES string of the molecule is CC(NCC1CN(C(=O)OCc2ccccc2)CCO1)c1nccn1C. The Morgan fingerprint density at radius 1 is 1.42 bits per heavy atom. The summed E-state index contributed by atoms with van der Waals surface area (Å²) < 4.78 is 13.2. The molecule has 0 radical (unpaired) electrons. The first-order valence-electron chi connectivity index (χ1n) is 8.91. The highest BCUT2D eigenvalue weighted by Crippen LogP contribution is 2.12. The highest BCUT2D eigenvalue weighted by molar-refractivity contribution is 5.67. The molecule has 1 amide bonds. The maximum atomic E-state index is 12.3. The molecule has 140 valence electrons. The van der Waals surface area contributed by atoms with E-state index in [2.05, 4.69) is 17.2 Å². The molecule has 3 rings (SSSR count). The fraction of sp³-hybridized carbons (Fsp3) is 0.474. The monoisotopic (exact) mass is 358 g/mol. The maximum absolute atomic E-state index is 12.3. The van der Waals surface area contributed by atoms with Crippen molar-refractivity contribution in [3.05, 3.63) is 54.1 Å². The van der Waals surface area contributed by atoms with E-state index in [0.29, 0.717) is 26.2 Å². The smallest absolute Gasteiger partial charge is 0.410 e. The second-order valence-electron chi connectivity index (χ2n) is 6.51. The van der Waals surface area contributed by atoms with E-state index in [4.69, 9.17) is 9.47 Å². The molecule has 0 spiro atoms. The van der Waals surface area contributed by atoms with E-state index < -0.39 is 0 Å². The fourth-order valence-electron chi connectivity index (χ4n) is 3.01. The topological polar surface area (TPSA) is 68.6 Å². The van der Waals surface area contributed by atoms with Crippen LogP contribution in [0.1, 0.15) is 24.4 Å². The number of carbonyl (C=O) groups is 1. The van der Waals surface area contributed by atoms with Crippen LogP contribution in [0.3, 0.4) is 0 Å². The minimum atomic E-state index is -0.292. The summed E-state index contributed by atoms with van der Waals surface area (Å²) in [5, 5.41) is 3.43. The summed E-state index contributed by atoms with van der Waals surface area (Å²) in [6.45, 7) is 4.60. The van der Waals surface area contributed by atoms with Gasteiger partial charge in [-0.3, -0.25) is 0 Å². The molecule has 1 aromatic heterocycles. The van der Waals surface area contributed by atoms with Crippen LogP contribution in [0, 0.1) is 0 Å². The molecule has 7 heteroatoms. The van der Waals surface area contributed by atoms with Crippen LogP contribution in [0.5, 0.6) is 0 Å². The van der Waals surface area contributed by atoms with Crippen LogP contribution in [0.15, 0.2) is 42.7 Å². The Morgan fingerprint density at radius 2 is 2.23 bits per heavy atom. The van der Waals surface area contributed by atoms with Crippen LogP contribution in [0.2, 0.25) is 0 Å². The van der Waals surface area contributed by atoms with Crippen molar-refractivity contribution < 1.29 is 14.3 Å². The van der Waals surface area contributed by atoms with E-state index in [1.807, 2.05) is 48.1 Å². The average Bonchev–Trinajstić information content (AvgIpc) is 3.11. The predicted molar refractivity (Wildman–Crippen MR) is 97.6 cm³/mol. The van der Waals surface area contributed by atoms with Gasteiger partial charge in [0.2, 0.25) is 0 Å². The third-order valence-electron chi connectivity index (χ3n) is 4.50. The van der Waals surface area contributed by atoms with Crippen LogP contribution in [-0.4, -0.2) is 52.9 Å². The molecule has 1 aliphatic rings. The summed E-state index contributed by atoms with van der Waals surface area (Å²) in [5.41, 5.74) is 0.983. The molecule has 1 aromatic carbocycles. The number of rotatable bonds is 6. The van der Waals surface area contributed by atoms with E-state index in [-0.39, 0.29) is 24.8 Å². The first-order chi connectivity index (χ1) is 12.6. The molecule has 0 bridgehead atoms. The fourth-order valence-corrected chi connectivity index (χ4v) is 3.01. The Hall–Kier alpha value is -2.38. The molecule has 1 saturated heterocycles. The number of nitrogens with zero attached hydrogens (tertiary/aromatic N) is 3. The quantitative estimate of drug-likeness (QED) is 0.857.